The average Bonchev–Trinajstić information content (AvgIpc) is 2.51. The molecular weight excluding hydrogens is 298 g/mol. The Morgan fingerprint density at radius 3 is 2.17 bits per heavy atom. The fourth-order valence-electron chi connectivity index (χ4n) is 2.78. The molecule has 0 saturated carbocycles. The SMILES string of the molecule is CCc1cc(C)cc(CC)c1-c1c(O)c([N+](=O)[O-])nn(C)c1=O. The normalized spacial score (nSPS) is 10.8. The van der Waals surface area contributed by atoms with E-state index in [9.17, 15) is 20.0 Å². The summed E-state index contributed by atoms with van der Waals surface area (Å²) in [5.41, 5.74) is 2.75. The molecule has 0 amide bonds. The quantitative estimate of drug-likeness (QED) is 0.690. The summed E-state index contributed by atoms with van der Waals surface area (Å²) < 4.78 is 0.895. The van der Waals surface area contributed by atoms with E-state index in [2.05, 4.69) is 5.10 Å². The standard InChI is InChI=1S/C16H19N3O4/c1-5-10-7-9(3)8-11(6-2)12(10)13-14(20)15(19(22)23)17-18(4)16(13)21/h7-8,20H,5-6H2,1-4H3. The van der Waals surface area contributed by atoms with E-state index in [4.69, 9.17) is 0 Å². The lowest BCUT2D eigenvalue weighted by atomic mass is 9.90. The number of aromatic hydroxyl groups is 1. The second-order valence-corrected chi connectivity index (χ2v) is 5.40. The van der Waals surface area contributed by atoms with Crippen LogP contribution in [-0.2, 0) is 19.9 Å². The van der Waals surface area contributed by atoms with Gasteiger partial charge in [0.2, 0.25) is 5.75 Å². The highest BCUT2D eigenvalue weighted by Crippen LogP contribution is 2.37. The monoisotopic (exact) mass is 317 g/mol. The first-order chi connectivity index (χ1) is 10.8. The van der Waals surface area contributed by atoms with Gasteiger partial charge < -0.3 is 15.2 Å². The molecule has 2 rings (SSSR count). The van der Waals surface area contributed by atoms with Gasteiger partial charge in [-0.25, -0.2) is 0 Å². The minimum atomic E-state index is -0.788. The second-order valence-electron chi connectivity index (χ2n) is 5.40. The van der Waals surface area contributed by atoms with Crippen LogP contribution in [0.5, 0.6) is 5.75 Å². The molecule has 0 bridgehead atoms. The van der Waals surface area contributed by atoms with Gasteiger partial charge in [-0.3, -0.25) is 4.79 Å². The highest BCUT2D eigenvalue weighted by atomic mass is 16.6. The summed E-state index contributed by atoms with van der Waals surface area (Å²) in [6.07, 6.45) is 1.28. The van der Waals surface area contributed by atoms with E-state index < -0.39 is 22.0 Å². The second kappa shape index (κ2) is 6.20. The zero-order valence-electron chi connectivity index (χ0n) is 13.6. The summed E-state index contributed by atoms with van der Waals surface area (Å²) in [5.74, 6) is -1.39. The van der Waals surface area contributed by atoms with E-state index in [1.165, 1.54) is 7.05 Å². The molecule has 1 heterocycles. The highest BCUT2D eigenvalue weighted by Gasteiger charge is 2.28. The van der Waals surface area contributed by atoms with Gasteiger partial charge in [0, 0.05) is 0 Å². The van der Waals surface area contributed by atoms with Crippen molar-refractivity contribution in [3.8, 4) is 16.9 Å². The van der Waals surface area contributed by atoms with Crippen molar-refractivity contribution < 1.29 is 10.0 Å². The molecule has 0 fully saturated rings. The van der Waals surface area contributed by atoms with Crippen molar-refractivity contribution in [2.45, 2.75) is 33.6 Å². The minimum Gasteiger partial charge on any atom is -0.500 e. The maximum absolute atomic E-state index is 12.5. The van der Waals surface area contributed by atoms with Crippen molar-refractivity contribution in [1.82, 2.24) is 9.78 Å². The van der Waals surface area contributed by atoms with Gasteiger partial charge in [-0.15, -0.1) is 4.68 Å². The number of benzene rings is 1. The number of nitro groups is 1. The fraction of sp³-hybridized carbons (Fsp3) is 0.375. The lowest BCUT2D eigenvalue weighted by molar-refractivity contribution is -0.391. The molecule has 1 aromatic heterocycles. The Kier molecular flexibility index (Phi) is 4.49. The van der Waals surface area contributed by atoms with E-state index in [-0.39, 0.29) is 5.56 Å². The van der Waals surface area contributed by atoms with Crippen LogP contribution in [0.4, 0.5) is 5.82 Å². The Bertz CT molecular complexity index is 815. The average molecular weight is 317 g/mol. The van der Waals surface area contributed by atoms with Gasteiger partial charge in [0.1, 0.15) is 5.56 Å². The molecule has 0 radical (unpaired) electrons. The van der Waals surface area contributed by atoms with E-state index in [0.29, 0.717) is 18.4 Å². The summed E-state index contributed by atoms with van der Waals surface area (Å²) in [6, 6.07) is 3.86. The number of hydrogen-bond donors (Lipinski definition) is 1. The molecule has 0 atom stereocenters. The summed E-state index contributed by atoms with van der Waals surface area (Å²) >= 11 is 0. The van der Waals surface area contributed by atoms with E-state index in [1.807, 2.05) is 32.9 Å². The number of hydrogen-bond acceptors (Lipinski definition) is 5. The van der Waals surface area contributed by atoms with Gasteiger partial charge >= 0.3 is 5.82 Å². The molecule has 0 aliphatic carbocycles. The van der Waals surface area contributed by atoms with Crippen LogP contribution < -0.4 is 5.56 Å². The van der Waals surface area contributed by atoms with E-state index in [0.717, 1.165) is 21.4 Å². The smallest absolute Gasteiger partial charge is 0.431 e. The van der Waals surface area contributed by atoms with Gasteiger partial charge in [0.15, 0.2) is 0 Å². The predicted octanol–water partition coefficient (Wildman–Crippen LogP) is 2.49. The summed E-state index contributed by atoms with van der Waals surface area (Å²) in [6.45, 7) is 5.83. The van der Waals surface area contributed by atoms with Crippen LogP contribution >= 0.6 is 0 Å². The summed E-state index contributed by atoms with van der Waals surface area (Å²) in [7, 11) is 1.34. The van der Waals surface area contributed by atoms with Gasteiger partial charge in [0.25, 0.3) is 5.56 Å². The van der Waals surface area contributed by atoms with Crippen molar-refractivity contribution in [1.29, 1.82) is 0 Å². The topological polar surface area (TPSA) is 98.3 Å². The molecule has 2 aromatic rings. The lowest BCUT2D eigenvalue weighted by Crippen LogP contribution is -2.23. The number of rotatable bonds is 4. The molecule has 0 spiro atoms. The first-order valence-electron chi connectivity index (χ1n) is 7.39. The molecule has 0 aliphatic rings. The minimum absolute atomic E-state index is 0.0529. The van der Waals surface area contributed by atoms with E-state index in [1.54, 1.807) is 0 Å². The fourth-order valence-corrected chi connectivity index (χ4v) is 2.78. The molecule has 1 aromatic carbocycles. The Hall–Kier alpha value is -2.70. The molecule has 122 valence electrons. The largest absolute Gasteiger partial charge is 0.500 e. The lowest BCUT2D eigenvalue weighted by Gasteiger charge is -2.15. The van der Waals surface area contributed by atoms with Crippen molar-refractivity contribution in [2.75, 3.05) is 0 Å². The van der Waals surface area contributed by atoms with Crippen molar-refractivity contribution >= 4 is 5.82 Å². The van der Waals surface area contributed by atoms with Crippen molar-refractivity contribution in [2.24, 2.45) is 7.05 Å². The van der Waals surface area contributed by atoms with Gasteiger partial charge in [-0.1, -0.05) is 31.5 Å². The molecule has 0 aliphatic heterocycles. The summed E-state index contributed by atoms with van der Waals surface area (Å²) in [4.78, 5) is 22.8. The molecule has 7 heteroatoms. The maximum Gasteiger partial charge on any atom is 0.431 e. The van der Waals surface area contributed by atoms with Crippen molar-refractivity contribution in [3.05, 3.63) is 49.3 Å². The Labute approximate surface area is 133 Å². The molecule has 1 N–H and O–H groups in total. The number of aromatic nitrogens is 2. The van der Waals surface area contributed by atoms with Crippen LogP contribution in [0.25, 0.3) is 11.1 Å². The van der Waals surface area contributed by atoms with Gasteiger partial charge in [0.05, 0.1) is 12.1 Å². The first kappa shape index (κ1) is 16.7. The van der Waals surface area contributed by atoms with E-state index >= 15 is 0 Å². The van der Waals surface area contributed by atoms with Crippen LogP contribution in [0.15, 0.2) is 16.9 Å². The third kappa shape index (κ3) is 2.81. The molecular formula is C16H19N3O4. The Morgan fingerprint density at radius 2 is 1.74 bits per heavy atom. The third-order valence-corrected chi connectivity index (χ3v) is 3.83. The van der Waals surface area contributed by atoms with Gasteiger partial charge in [-0.05, 0) is 41.4 Å². The third-order valence-electron chi connectivity index (χ3n) is 3.83. The van der Waals surface area contributed by atoms with Gasteiger partial charge in [-0.2, -0.15) is 0 Å². The predicted molar refractivity (Wildman–Crippen MR) is 86.7 cm³/mol. The molecule has 7 nitrogen and oxygen atoms in total. The zero-order chi connectivity index (χ0) is 17.3. The Balaban J connectivity index is 2.98. The van der Waals surface area contributed by atoms with Crippen LogP contribution in [0.2, 0.25) is 0 Å². The first-order valence-corrected chi connectivity index (χ1v) is 7.39. The van der Waals surface area contributed by atoms with Crippen molar-refractivity contribution in [3.63, 3.8) is 0 Å². The number of nitrogens with zero attached hydrogens (tertiary/aromatic N) is 3. The summed E-state index contributed by atoms with van der Waals surface area (Å²) in [5, 5.41) is 25.0. The number of aryl methyl sites for hydroxylation is 4. The zero-order valence-corrected chi connectivity index (χ0v) is 13.6. The molecule has 0 unspecified atom stereocenters. The van der Waals surface area contributed by atoms with Crippen LogP contribution in [0.3, 0.4) is 0 Å². The van der Waals surface area contributed by atoms with Crippen LogP contribution in [-0.4, -0.2) is 19.8 Å². The molecule has 0 saturated heterocycles. The molecule has 23 heavy (non-hydrogen) atoms. The van der Waals surface area contributed by atoms with Crippen LogP contribution in [0.1, 0.15) is 30.5 Å². The highest BCUT2D eigenvalue weighted by molar-refractivity contribution is 5.78. The maximum atomic E-state index is 12.5. The Morgan fingerprint density at radius 1 is 1.22 bits per heavy atom. The van der Waals surface area contributed by atoms with Crippen LogP contribution in [0, 0.1) is 17.0 Å².